The number of thioether (sulfide) groups is 1. The molecule has 0 amide bonds. The summed E-state index contributed by atoms with van der Waals surface area (Å²) in [7, 11) is 1.67. The van der Waals surface area contributed by atoms with E-state index in [2.05, 4.69) is 24.5 Å². The topological polar surface area (TPSA) is 33.0 Å². The highest BCUT2D eigenvalue weighted by molar-refractivity contribution is 8.03. The average Bonchev–Trinajstić information content (AvgIpc) is 2.27. The zero-order valence-electron chi connectivity index (χ0n) is 9.06. The average molecular weight is 221 g/mol. The Labute approximate surface area is 95.3 Å². The minimum Gasteiger partial charge on any atom is -0.497 e. The molecule has 2 nitrogen and oxygen atoms in total. The number of methoxy groups -OCH3 is 1. The van der Waals surface area contributed by atoms with E-state index in [-0.39, 0.29) is 0 Å². The Morgan fingerprint density at radius 3 is 2.60 bits per heavy atom. The molecule has 3 heteroatoms. The van der Waals surface area contributed by atoms with Crippen LogP contribution in [0.3, 0.4) is 0 Å². The Morgan fingerprint density at radius 1 is 1.40 bits per heavy atom. The summed E-state index contributed by atoms with van der Waals surface area (Å²) in [5.41, 5.74) is 1.29. The molecular weight excluding hydrogens is 206 g/mol. The number of hydrogen-bond donors (Lipinski definition) is 0. The fourth-order valence-corrected chi connectivity index (χ4v) is 1.88. The number of ether oxygens (including phenoxy) is 1. The number of rotatable bonds is 5. The van der Waals surface area contributed by atoms with Crippen molar-refractivity contribution in [2.45, 2.75) is 13.3 Å². The Balaban J connectivity index is 2.46. The largest absolute Gasteiger partial charge is 0.497 e. The minimum absolute atomic E-state index is 0.531. The van der Waals surface area contributed by atoms with Crippen LogP contribution < -0.4 is 4.74 Å². The predicted octanol–water partition coefficient (Wildman–Crippen LogP) is 3.09. The summed E-state index contributed by atoms with van der Waals surface area (Å²) in [6.45, 7) is 2.16. The van der Waals surface area contributed by atoms with Gasteiger partial charge in [0.1, 0.15) is 11.2 Å². The molecule has 0 aliphatic rings. The summed E-state index contributed by atoms with van der Waals surface area (Å²) in [6, 6.07) is 8.09. The maximum absolute atomic E-state index is 8.45. The zero-order valence-corrected chi connectivity index (χ0v) is 9.88. The third kappa shape index (κ3) is 4.26. The summed E-state index contributed by atoms with van der Waals surface area (Å²) in [6.07, 6.45) is 1.01. The number of nitrogens with zero attached hydrogens (tertiary/aromatic N) is 1. The van der Waals surface area contributed by atoms with Gasteiger partial charge in [0.15, 0.2) is 0 Å². The van der Waals surface area contributed by atoms with Crippen LogP contribution in [0.1, 0.15) is 12.5 Å². The highest BCUT2D eigenvalue weighted by Gasteiger charge is 2.03. The van der Waals surface area contributed by atoms with Crippen molar-refractivity contribution in [1.29, 1.82) is 5.26 Å². The van der Waals surface area contributed by atoms with E-state index in [9.17, 15) is 0 Å². The molecule has 0 aliphatic heterocycles. The minimum atomic E-state index is 0.531. The van der Waals surface area contributed by atoms with Gasteiger partial charge in [0.05, 0.1) is 7.11 Å². The van der Waals surface area contributed by atoms with Crippen LogP contribution in [0.25, 0.3) is 0 Å². The van der Waals surface area contributed by atoms with Gasteiger partial charge in [-0.15, -0.1) is 0 Å². The number of benzene rings is 1. The molecule has 0 spiro atoms. The second-order valence-electron chi connectivity index (χ2n) is 3.56. The van der Waals surface area contributed by atoms with Crippen LogP contribution >= 0.6 is 11.8 Å². The molecule has 0 N–H and O–H groups in total. The van der Waals surface area contributed by atoms with E-state index >= 15 is 0 Å². The molecule has 0 fully saturated rings. The van der Waals surface area contributed by atoms with E-state index in [4.69, 9.17) is 10.00 Å². The molecule has 0 aliphatic carbocycles. The van der Waals surface area contributed by atoms with E-state index in [1.54, 1.807) is 7.11 Å². The third-order valence-electron chi connectivity index (χ3n) is 2.18. The van der Waals surface area contributed by atoms with Crippen molar-refractivity contribution in [3.05, 3.63) is 29.8 Å². The van der Waals surface area contributed by atoms with Crippen LogP contribution in [-0.4, -0.2) is 12.9 Å². The predicted molar refractivity (Wildman–Crippen MR) is 63.9 cm³/mol. The monoisotopic (exact) mass is 221 g/mol. The molecule has 15 heavy (non-hydrogen) atoms. The van der Waals surface area contributed by atoms with Gasteiger partial charge < -0.3 is 4.74 Å². The maximum Gasteiger partial charge on any atom is 0.133 e. The van der Waals surface area contributed by atoms with Gasteiger partial charge in [0.25, 0.3) is 0 Å². The first-order valence-corrected chi connectivity index (χ1v) is 5.88. The second kappa shape index (κ2) is 6.36. The molecule has 1 atom stereocenters. The van der Waals surface area contributed by atoms with E-state index in [0.717, 1.165) is 17.9 Å². The normalized spacial score (nSPS) is 11.8. The molecule has 1 rings (SSSR count). The Morgan fingerprint density at radius 2 is 2.07 bits per heavy atom. The molecule has 0 aromatic heterocycles. The lowest BCUT2D eigenvalue weighted by Crippen LogP contribution is -2.02. The van der Waals surface area contributed by atoms with Gasteiger partial charge in [-0.25, -0.2) is 0 Å². The van der Waals surface area contributed by atoms with Crippen LogP contribution in [0.4, 0.5) is 0 Å². The van der Waals surface area contributed by atoms with Crippen LogP contribution in [-0.2, 0) is 6.42 Å². The maximum atomic E-state index is 8.45. The van der Waals surface area contributed by atoms with Crippen molar-refractivity contribution in [2.24, 2.45) is 5.92 Å². The van der Waals surface area contributed by atoms with Crippen LogP contribution in [0.2, 0.25) is 0 Å². The van der Waals surface area contributed by atoms with Gasteiger partial charge in [-0.05, 0) is 41.8 Å². The zero-order chi connectivity index (χ0) is 11.1. The van der Waals surface area contributed by atoms with E-state index < -0.39 is 0 Å². The lowest BCUT2D eigenvalue weighted by molar-refractivity contribution is 0.414. The summed E-state index contributed by atoms with van der Waals surface area (Å²) >= 11 is 1.32. The van der Waals surface area contributed by atoms with Crippen molar-refractivity contribution < 1.29 is 4.74 Å². The Bertz CT molecular complexity index is 328. The standard InChI is InChI=1S/C12H15NOS/c1-10(8-15-9-13)7-11-3-5-12(14-2)6-4-11/h3-6,10H,7-8H2,1-2H3. The second-order valence-corrected chi connectivity index (χ2v) is 4.36. The highest BCUT2D eigenvalue weighted by Crippen LogP contribution is 2.16. The van der Waals surface area contributed by atoms with Crippen LogP contribution in [0.15, 0.2) is 24.3 Å². The van der Waals surface area contributed by atoms with Crippen molar-refractivity contribution in [1.82, 2.24) is 0 Å². The SMILES string of the molecule is COc1ccc(CC(C)CSC#N)cc1. The summed E-state index contributed by atoms with van der Waals surface area (Å²) in [5.74, 6) is 2.31. The van der Waals surface area contributed by atoms with Crippen molar-refractivity contribution >= 4 is 11.8 Å². The van der Waals surface area contributed by atoms with Gasteiger partial charge in [0.2, 0.25) is 0 Å². The third-order valence-corrected chi connectivity index (χ3v) is 3.04. The molecular formula is C12H15NOS. The van der Waals surface area contributed by atoms with Crippen molar-refractivity contribution in [2.75, 3.05) is 12.9 Å². The first-order chi connectivity index (χ1) is 7.26. The van der Waals surface area contributed by atoms with Crippen molar-refractivity contribution in [3.8, 4) is 11.2 Å². The molecule has 1 aromatic carbocycles. The highest BCUT2D eigenvalue weighted by atomic mass is 32.2. The van der Waals surface area contributed by atoms with Crippen LogP contribution in [0.5, 0.6) is 5.75 Å². The van der Waals surface area contributed by atoms with Gasteiger partial charge in [-0.1, -0.05) is 19.1 Å². The van der Waals surface area contributed by atoms with E-state index in [1.807, 2.05) is 12.1 Å². The molecule has 80 valence electrons. The molecule has 0 radical (unpaired) electrons. The first-order valence-electron chi connectivity index (χ1n) is 4.90. The fraction of sp³-hybridized carbons (Fsp3) is 0.417. The van der Waals surface area contributed by atoms with Gasteiger partial charge in [0, 0.05) is 5.75 Å². The summed E-state index contributed by atoms with van der Waals surface area (Å²) in [5, 5.41) is 10.5. The molecule has 0 bridgehead atoms. The molecule has 0 saturated heterocycles. The van der Waals surface area contributed by atoms with Crippen LogP contribution in [0, 0.1) is 16.6 Å². The van der Waals surface area contributed by atoms with Gasteiger partial charge in [-0.2, -0.15) is 5.26 Å². The lowest BCUT2D eigenvalue weighted by Gasteiger charge is -2.09. The Hall–Kier alpha value is -1.14. The lowest BCUT2D eigenvalue weighted by atomic mass is 10.0. The molecule has 0 heterocycles. The molecule has 1 unspecified atom stereocenters. The quantitative estimate of drug-likeness (QED) is 0.716. The molecule has 0 saturated carbocycles. The fourth-order valence-electron chi connectivity index (χ4n) is 1.40. The van der Waals surface area contributed by atoms with Crippen molar-refractivity contribution in [3.63, 3.8) is 0 Å². The van der Waals surface area contributed by atoms with E-state index in [1.165, 1.54) is 17.3 Å². The summed E-state index contributed by atoms with van der Waals surface area (Å²) in [4.78, 5) is 0. The number of nitriles is 1. The number of thiocyanates is 1. The first kappa shape index (κ1) is 11.9. The summed E-state index contributed by atoms with van der Waals surface area (Å²) < 4.78 is 5.09. The molecule has 1 aromatic rings. The van der Waals surface area contributed by atoms with Gasteiger partial charge in [-0.3, -0.25) is 0 Å². The van der Waals surface area contributed by atoms with E-state index in [0.29, 0.717) is 5.92 Å². The number of hydrogen-bond acceptors (Lipinski definition) is 3. The van der Waals surface area contributed by atoms with Gasteiger partial charge >= 0.3 is 0 Å². The Kier molecular flexibility index (Phi) is 5.06. The smallest absolute Gasteiger partial charge is 0.133 e.